The van der Waals surface area contributed by atoms with Crippen molar-refractivity contribution in [3.8, 4) is 0 Å². The number of carbonyl (C=O) groups is 1. The Balaban J connectivity index is 1.58. The Kier molecular flexibility index (Phi) is 6.44. The minimum absolute atomic E-state index is 0.155. The van der Waals surface area contributed by atoms with Gasteiger partial charge in [0.2, 0.25) is 0 Å². The Bertz CT molecular complexity index is 1080. The van der Waals surface area contributed by atoms with E-state index in [0.29, 0.717) is 5.02 Å². The summed E-state index contributed by atoms with van der Waals surface area (Å²) in [6, 6.07) is 20.0. The zero-order chi connectivity index (χ0) is 20.6. The Morgan fingerprint density at radius 3 is 2.28 bits per heavy atom. The van der Waals surface area contributed by atoms with Gasteiger partial charge >= 0.3 is 0 Å². The maximum Gasteiger partial charge on any atom is 0.271 e. The molecule has 0 radical (unpaired) electrons. The van der Waals surface area contributed by atoms with E-state index in [4.69, 9.17) is 11.6 Å². The van der Waals surface area contributed by atoms with E-state index in [2.05, 4.69) is 15.5 Å². The fourth-order valence-corrected chi connectivity index (χ4v) is 2.46. The lowest BCUT2D eigenvalue weighted by Gasteiger charge is -2.00. The molecule has 3 rings (SSSR count). The number of nitro benzene ring substituents is 1. The molecular formula is C21H15ClN4O3. The van der Waals surface area contributed by atoms with Crippen LogP contribution in [0.2, 0.25) is 5.02 Å². The van der Waals surface area contributed by atoms with Crippen molar-refractivity contribution in [1.82, 2.24) is 5.43 Å². The molecule has 0 bridgehead atoms. The van der Waals surface area contributed by atoms with Gasteiger partial charge < -0.3 is 0 Å². The van der Waals surface area contributed by atoms with Crippen LogP contribution in [0.1, 0.15) is 21.5 Å². The summed E-state index contributed by atoms with van der Waals surface area (Å²) in [6.45, 7) is 0. The molecule has 0 aliphatic carbocycles. The van der Waals surface area contributed by atoms with Crippen LogP contribution in [0, 0.1) is 10.1 Å². The van der Waals surface area contributed by atoms with Crippen LogP contribution in [0.25, 0.3) is 0 Å². The fourth-order valence-electron chi connectivity index (χ4n) is 2.34. The summed E-state index contributed by atoms with van der Waals surface area (Å²) >= 11 is 5.84. The minimum atomic E-state index is -0.558. The SMILES string of the molecule is O=C(N/N=C/c1ccc(C=Nc2ccc(Cl)cc2)cc1)c1cccc([N+](=O)[O-])c1. The molecule has 0 saturated carbocycles. The first kappa shape index (κ1) is 19.9. The molecule has 0 spiro atoms. The smallest absolute Gasteiger partial charge is 0.267 e. The molecule has 0 atom stereocenters. The predicted octanol–water partition coefficient (Wildman–Crippen LogP) is 4.76. The molecule has 0 aliphatic rings. The number of hydrogen-bond acceptors (Lipinski definition) is 5. The van der Waals surface area contributed by atoms with Crippen molar-refractivity contribution in [2.75, 3.05) is 0 Å². The van der Waals surface area contributed by atoms with Crippen LogP contribution in [0.15, 0.2) is 82.9 Å². The number of non-ortho nitro benzene ring substituents is 1. The van der Waals surface area contributed by atoms with Crippen molar-refractivity contribution in [1.29, 1.82) is 0 Å². The van der Waals surface area contributed by atoms with Crippen LogP contribution in [-0.4, -0.2) is 23.3 Å². The quantitative estimate of drug-likeness (QED) is 0.363. The number of aliphatic imine (C=N–C) groups is 1. The van der Waals surface area contributed by atoms with Crippen LogP contribution in [0.3, 0.4) is 0 Å². The van der Waals surface area contributed by atoms with Crippen LogP contribution in [0.4, 0.5) is 11.4 Å². The molecule has 0 aliphatic heterocycles. The fraction of sp³-hybridized carbons (Fsp3) is 0. The topological polar surface area (TPSA) is 97.0 Å². The monoisotopic (exact) mass is 406 g/mol. The molecule has 144 valence electrons. The number of hydrogen-bond donors (Lipinski definition) is 1. The van der Waals surface area contributed by atoms with E-state index in [1.165, 1.54) is 30.5 Å². The highest BCUT2D eigenvalue weighted by molar-refractivity contribution is 6.30. The lowest BCUT2D eigenvalue weighted by atomic mass is 10.1. The predicted molar refractivity (Wildman–Crippen MR) is 113 cm³/mol. The standard InChI is InChI=1S/C21H15ClN4O3/c22-18-8-10-19(11-9-18)23-13-15-4-6-16(7-5-15)14-24-25-21(27)17-2-1-3-20(12-17)26(28)29/h1-14H,(H,25,27)/b23-13?,24-14+. The third-order valence-electron chi connectivity index (χ3n) is 3.82. The highest BCUT2D eigenvalue weighted by atomic mass is 35.5. The number of nitro groups is 1. The van der Waals surface area contributed by atoms with Gasteiger partial charge in [-0.15, -0.1) is 0 Å². The normalized spacial score (nSPS) is 11.1. The lowest BCUT2D eigenvalue weighted by Crippen LogP contribution is -2.17. The van der Waals surface area contributed by atoms with Gasteiger partial charge in [0.15, 0.2) is 0 Å². The molecule has 1 amide bonds. The van der Waals surface area contributed by atoms with E-state index in [1.807, 2.05) is 36.4 Å². The van der Waals surface area contributed by atoms with Crippen LogP contribution >= 0.6 is 11.6 Å². The summed E-state index contributed by atoms with van der Waals surface area (Å²) in [4.78, 5) is 26.6. The van der Waals surface area contributed by atoms with Gasteiger partial charge in [0.1, 0.15) is 0 Å². The van der Waals surface area contributed by atoms with Crippen molar-refractivity contribution in [2.24, 2.45) is 10.1 Å². The van der Waals surface area contributed by atoms with Crippen molar-refractivity contribution in [3.05, 3.63) is 105 Å². The zero-order valence-electron chi connectivity index (χ0n) is 15.0. The zero-order valence-corrected chi connectivity index (χ0v) is 15.8. The van der Waals surface area contributed by atoms with Gasteiger partial charge in [-0.1, -0.05) is 41.9 Å². The molecule has 0 unspecified atom stereocenters. The number of carbonyl (C=O) groups excluding carboxylic acids is 1. The Morgan fingerprint density at radius 2 is 1.62 bits per heavy atom. The summed E-state index contributed by atoms with van der Waals surface area (Å²) in [7, 11) is 0. The van der Waals surface area contributed by atoms with E-state index in [-0.39, 0.29) is 11.3 Å². The maximum atomic E-state index is 12.0. The second kappa shape index (κ2) is 9.38. The number of hydrazone groups is 1. The third-order valence-corrected chi connectivity index (χ3v) is 4.08. The van der Waals surface area contributed by atoms with E-state index in [9.17, 15) is 14.9 Å². The van der Waals surface area contributed by atoms with E-state index >= 15 is 0 Å². The molecule has 0 fully saturated rings. The number of amides is 1. The van der Waals surface area contributed by atoms with Gasteiger partial charge in [0, 0.05) is 28.9 Å². The first-order valence-electron chi connectivity index (χ1n) is 8.49. The number of halogens is 1. The largest absolute Gasteiger partial charge is 0.271 e. The molecule has 1 N–H and O–H groups in total. The highest BCUT2D eigenvalue weighted by Gasteiger charge is 2.10. The van der Waals surface area contributed by atoms with Crippen LogP contribution in [-0.2, 0) is 0 Å². The Labute approximate surface area is 171 Å². The first-order chi connectivity index (χ1) is 14.0. The summed E-state index contributed by atoms with van der Waals surface area (Å²) < 4.78 is 0. The van der Waals surface area contributed by atoms with E-state index in [0.717, 1.165) is 16.8 Å². The van der Waals surface area contributed by atoms with E-state index in [1.54, 1.807) is 18.3 Å². The van der Waals surface area contributed by atoms with Crippen LogP contribution < -0.4 is 5.43 Å². The Hall–Kier alpha value is -3.84. The highest BCUT2D eigenvalue weighted by Crippen LogP contribution is 2.16. The van der Waals surface area contributed by atoms with Gasteiger partial charge in [-0.2, -0.15) is 5.10 Å². The lowest BCUT2D eigenvalue weighted by molar-refractivity contribution is -0.384. The maximum absolute atomic E-state index is 12.0. The van der Waals surface area contributed by atoms with Crippen LogP contribution in [0.5, 0.6) is 0 Å². The van der Waals surface area contributed by atoms with Crippen molar-refractivity contribution in [3.63, 3.8) is 0 Å². The number of nitrogens with one attached hydrogen (secondary N) is 1. The summed E-state index contributed by atoms with van der Waals surface area (Å²) in [5.74, 6) is -0.531. The third kappa shape index (κ3) is 5.82. The minimum Gasteiger partial charge on any atom is -0.267 e. The average molecular weight is 407 g/mol. The summed E-state index contributed by atoms with van der Waals surface area (Å²) in [6.07, 6.45) is 3.21. The summed E-state index contributed by atoms with van der Waals surface area (Å²) in [5.41, 5.74) is 4.82. The number of nitrogens with zero attached hydrogens (tertiary/aromatic N) is 3. The van der Waals surface area contributed by atoms with Crippen molar-refractivity contribution >= 4 is 41.3 Å². The molecule has 7 nitrogen and oxygen atoms in total. The average Bonchev–Trinajstić information content (AvgIpc) is 2.74. The summed E-state index contributed by atoms with van der Waals surface area (Å²) in [5, 5.41) is 15.3. The van der Waals surface area contributed by atoms with Gasteiger partial charge in [-0.3, -0.25) is 19.9 Å². The second-order valence-corrected chi connectivity index (χ2v) is 6.34. The molecule has 3 aromatic rings. The van der Waals surface area contributed by atoms with Crippen molar-refractivity contribution in [2.45, 2.75) is 0 Å². The molecule has 3 aromatic carbocycles. The van der Waals surface area contributed by atoms with Gasteiger partial charge in [-0.25, -0.2) is 5.43 Å². The molecule has 0 aromatic heterocycles. The molecule has 8 heteroatoms. The van der Waals surface area contributed by atoms with Crippen molar-refractivity contribution < 1.29 is 9.72 Å². The number of rotatable bonds is 6. The Morgan fingerprint density at radius 1 is 0.966 bits per heavy atom. The first-order valence-corrected chi connectivity index (χ1v) is 8.86. The molecule has 0 saturated heterocycles. The molecular weight excluding hydrogens is 392 g/mol. The second-order valence-electron chi connectivity index (χ2n) is 5.91. The van der Waals surface area contributed by atoms with Gasteiger partial charge in [0.25, 0.3) is 11.6 Å². The number of benzene rings is 3. The van der Waals surface area contributed by atoms with E-state index < -0.39 is 10.8 Å². The van der Waals surface area contributed by atoms with Gasteiger partial charge in [-0.05, 0) is 41.5 Å². The van der Waals surface area contributed by atoms with Gasteiger partial charge in [0.05, 0.1) is 16.8 Å². The molecule has 0 heterocycles. The molecule has 29 heavy (non-hydrogen) atoms.